The van der Waals surface area contributed by atoms with Crippen LogP contribution in [-0.4, -0.2) is 34.6 Å². The molecule has 0 atom stereocenters. The average molecular weight is 521 g/mol. The number of benzene rings is 3. The van der Waals surface area contributed by atoms with Gasteiger partial charge in [-0.2, -0.15) is 0 Å². The molecule has 4 aromatic rings. The highest BCUT2D eigenvalue weighted by molar-refractivity contribution is 8.00. The van der Waals surface area contributed by atoms with Crippen molar-refractivity contribution < 1.29 is 19.2 Å². The van der Waals surface area contributed by atoms with Crippen LogP contribution in [-0.2, 0) is 4.79 Å². The molecule has 3 aromatic carbocycles. The van der Waals surface area contributed by atoms with Crippen molar-refractivity contribution in [1.82, 2.24) is 4.98 Å². The van der Waals surface area contributed by atoms with Crippen LogP contribution in [0.4, 0.5) is 16.5 Å². The van der Waals surface area contributed by atoms with Crippen LogP contribution in [0.2, 0.25) is 0 Å². The number of nitrogens with one attached hydrogen (secondary N) is 2. The number of carbonyl (C=O) groups excluding carboxylic acids is 2. The van der Waals surface area contributed by atoms with E-state index < -0.39 is 10.8 Å². The maximum atomic E-state index is 12.5. The van der Waals surface area contributed by atoms with Crippen LogP contribution < -0.4 is 15.4 Å². The summed E-state index contributed by atoms with van der Waals surface area (Å²) in [6, 6.07) is 20.0. The number of amides is 2. The van der Waals surface area contributed by atoms with Gasteiger partial charge in [-0.3, -0.25) is 19.7 Å². The number of methoxy groups -OCH3 is 1. The molecule has 11 heteroatoms. The molecule has 0 radical (unpaired) electrons. The Balaban J connectivity index is 1.32. The summed E-state index contributed by atoms with van der Waals surface area (Å²) in [5.41, 5.74) is 2.22. The fourth-order valence-corrected chi connectivity index (χ4v) is 4.65. The van der Waals surface area contributed by atoms with Crippen molar-refractivity contribution in [2.45, 2.75) is 4.90 Å². The number of nitrogens with zero attached hydrogens (tertiary/aromatic N) is 2. The van der Waals surface area contributed by atoms with Crippen LogP contribution in [0.3, 0.4) is 0 Å². The van der Waals surface area contributed by atoms with E-state index in [9.17, 15) is 19.7 Å². The second-order valence-corrected chi connectivity index (χ2v) is 9.30. The zero-order valence-corrected chi connectivity index (χ0v) is 20.6. The molecule has 1 heterocycles. The van der Waals surface area contributed by atoms with Crippen LogP contribution in [0.25, 0.3) is 11.3 Å². The van der Waals surface area contributed by atoms with Gasteiger partial charge < -0.3 is 15.4 Å². The van der Waals surface area contributed by atoms with Gasteiger partial charge in [-0.25, -0.2) is 4.98 Å². The van der Waals surface area contributed by atoms with Crippen molar-refractivity contribution in [2.75, 3.05) is 23.5 Å². The number of hydrogen-bond donors (Lipinski definition) is 2. The van der Waals surface area contributed by atoms with Crippen LogP contribution in [0, 0.1) is 10.1 Å². The fourth-order valence-electron chi connectivity index (χ4n) is 3.16. The molecule has 0 saturated heterocycles. The van der Waals surface area contributed by atoms with Crippen molar-refractivity contribution in [3.8, 4) is 17.0 Å². The summed E-state index contributed by atoms with van der Waals surface area (Å²) < 4.78 is 5.16. The van der Waals surface area contributed by atoms with E-state index in [1.165, 1.54) is 47.4 Å². The lowest BCUT2D eigenvalue weighted by Gasteiger charge is -2.08. The maximum absolute atomic E-state index is 12.5. The van der Waals surface area contributed by atoms with Crippen molar-refractivity contribution in [2.24, 2.45) is 0 Å². The Morgan fingerprint density at radius 2 is 1.83 bits per heavy atom. The minimum absolute atomic E-state index is 0.153. The lowest BCUT2D eigenvalue weighted by atomic mass is 10.2. The molecule has 9 nitrogen and oxygen atoms in total. The minimum atomic E-state index is -0.551. The number of thiazole rings is 1. The number of non-ortho nitro benzene ring substituents is 1. The largest absolute Gasteiger partial charge is 0.497 e. The van der Waals surface area contributed by atoms with E-state index in [-0.39, 0.29) is 22.9 Å². The number of hydrogen-bond acceptors (Lipinski definition) is 8. The molecule has 182 valence electrons. The molecule has 36 heavy (non-hydrogen) atoms. The Morgan fingerprint density at radius 3 is 2.58 bits per heavy atom. The highest BCUT2D eigenvalue weighted by Crippen LogP contribution is 2.27. The predicted octanol–water partition coefficient (Wildman–Crippen LogP) is 5.71. The molecule has 0 aliphatic rings. The predicted molar refractivity (Wildman–Crippen MR) is 141 cm³/mol. The lowest BCUT2D eigenvalue weighted by Crippen LogP contribution is -2.14. The standard InChI is InChI=1S/C25H20N4O5S2/c1-34-20-10-8-16(9-11-20)22-14-36-25(27-22)28-23(30)15-35-21-7-3-5-18(13-21)26-24(31)17-4-2-6-19(12-17)29(32)33/h2-14H,15H2,1H3,(H,26,31)(H,27,28,30). The van der Waals surface area contributed by atoms with Crippen molar-refractivity contribution >= 4 is 51.4 Å². The molecule has 2 N–H and O–H groups in total. The van der Waals surface area contributed by atoms with Gasteiger partial charge in [0.25, 0.3) is 11.6 Å². The van der Waals surface area contributed by atoms with Crippen molar-refractivity contribution in [1.29, 1.82) is 0 Å². The summed E-state index contributed by atoms with van der Waals surface area (Å²) >= 11 is 2.65. The Bertz CT molecular complexity index is 1410. The number of ether oxygens (including phenoxy) is 1. The number of carbonyl (C=O) groups is 2. The van der Waals surface area contributed by atoms with Crippen molar-refractivity contribution in [3.05, 3.63) is 93.9 Å². The molecule has 4 rings (SSSR count). The first kappa shape index (κ1) is 24.9. The van der Waals surface area contributed by atoms with E-state index in [0.29, 0.717) is 10.8 Å². The van der Waals surface area contributed by atoms with Gasteiger partial charge in [0.2, 0.25) is 5.91 Å². The second-order valence-electron chi connectivity index (χ2n) is 7.39. The summed E-state index contributed by atoms with van der Waals surface area (Å²) in [6.45, 7) is 0. The Hall–Kier alpha value is -4.22. The van der Waals surface area contributed by atoms with Gasteiger partial charge in [0.15, 0.2) is 5.13 Å². The second kappa shape index (κ2) is 11.5. The first-order chi connectivity index (χ1) is 17.4. The van der Waals surface area contributed by atoms with Gasteiger partial charge in [0.05, 0.1) is 23.5 Å². The van der Waals surface area contributed by atoms with Gasteiger partial charge in [-0.05, 0) is 48.5 Å². The smallest absolute Gasteiger partial charge is 0.270 e. The molecule has 0 bridgehead atoms. The van der Waals surface area contributed by atoms with Crippen LogP contribution in [0.5, 0.6) is 5.75 Å². The van der Waals surface area contributed by atoms with E-state index >= 15 is 0 Å². The highest BCUT2D eigenvalue weighted by Gasteiger charge is 2.13. The molecular formula is C25H20N4O5S2. The van der Waals surface area contributed by atoms with E-state index in [2.05, 4.69) is 15.6 Å². The fraction of sp³-hybridized carbons (Fsp3) is 0.0800. The monoisotopic (exact) mass is 520 g/mol. The van der Waals surface area contributed by atoms with Gasteiger partial charge in [-0.15, -0.1) is 23.1 Å². The molecule has 1 aromatic heterocycles. The SMILES string of the molecule is COc1ccc(-c2csc(NC(=O)CSc3cccc(NC(=O)c4cccc([N+](=O)[O-])c4)c3)n2)cc1. The molecule has 0 spiro atoms. The summed E-state index contributed by atoms with van der Waals surface area (Å²) in [7, 11) is 1.61. The summed E-state index contributed by atoms with van der Waals surface area (Å²) in [5.74, 6) is 0.239. The van der Waals surface area contributed by atoms with E-state index in [1.807, 2.05) is 35.7 Å². The van der Waals surface area contributed by atoms with Crippen molar-refractivity contribution in [3.63, 3.8) is 0 Å². The molecule has 0 unspecified atom stereocenters. The Kier molecular flexibility index (Phi) is 7.93. The third-order valence-electron chi connectivity index (χ3n) is 4.92. The number of nitro groups is 1. The number of thioether (sulfide) groups is 1. The van der Waals surface area contributed by atoms with E-state index in [0.717, 1.165) is 21.9 Å². The molecule has 0 aliphatic heterocycles. The summed E-state index contributed by atoms with van der Waals surface area (Å²) in [6.07, 6.45) is 0. The topological polar surface area (TPSA) is 123 Å². The van der Waals surface area contributed by atoms with Gasteiger partial charge in [0, 0.05) is 39.2 Å². The summed E-state index contributed by atoms with van der Waals surface area (Å²) in [4.78, 5) is 40.6. The summed E-state index contributed by atoms with van der Waals surface area (Å²) in [5, 5.41) is 18.8. The van der Waals surface area contributed by atoms with Crippen LogP contribution in [0.15, 0.2) is 83.1 Å². The van der Waals surface area contributed by atoms with Crippen LogP contribution in [0.1, 0.15) is 10.4 Å². The minimum Gasteiger partial charge on any atom is -0.497 e. The van der Waals surface area contributed by atoms with Gasteiger partial charge in [0.1, 0.15) is 5.75 Å². The third-order valence-corrected chi connectivity index (χ3v) is 6.67. The molecule has 0 aliphatic carbocycles. The highest BCUT2D eigenvalue weighted by atomic mass is 32.2. The van der Waals surface area contributed by atoms with E-state index in [4.69, 9.17) is 4.74 Å². The number of aromatic nitrogens is 1. The molecule has 0 saturated carbocycles. The lowest BCUT2D eigenvalue weighted by molar-refractivity contribution is -0.384. The number of nitro benzene ring substituents is 1. The quantitative estimate of drug-likeness (QED) is 0.165. The number of anilines is 2. The molecule has 0 fully saturated rings. The molecule has 2 amide bonds. The Morgan fingerprint density at radius 1 is 1.06 bits per heavy atom. The normalized spacial score (nSPS) is 10.5. The number of rotatable bonds is 9. The van der Waals surface area contributed by atoms with E-state index in [1.54, 1.807) is 25.3 Å². The zero-order valence-electron chi connectivity index (χ0n) is 19.0. The first-order valence-corrected chi connectivity index (χ1v) is 12.5. The molecular weight excluding hydrogens is 500 g/mol. The van der Waals surface area contributed by atoms with Gasteiger partial charge in [-0.1, -0.05) is 12.1 Å². The zero-order chi connectivity index (χ0) is 25.5. The maximum Gasteiger partial charge on any atom is 0.270 e. The Labute approximate surface area is 214 Å². The third kappa shape index (κ3) is 6.46. The first-order valence-electron chi connectivity index (χ1n) is 10.6. The van der Waals surface area contributed by atoms with Gasteiger partial charge >= 0.3 is 0 Å². The average Bonchev–Trinajstić information content (AvgIpc) is 3.36. The van der Waals surface area contributed by atoms with Crippen LogP contribution >= 0.6 is 23.1 Å².